The van der Waals surface area contributed by atoms with Gasteiger partial charge in [-0.25, -0.2) is 4.79 Å². The van der Waals surface area contributed by atoms with Crippen molar-refractivity contribution in [1.29, 1.82) is 0 Å². The third kappa shape index (κ3) is 2.34. The van der Waals surface area contributed by atoms with Gasteiger partial charge in [-0.05, 0) is 12.1 Å². The number of methoxy groups -OCH3 is 1. The lowest BCUT2D eigenvalue weighted by molar-refractivity contribution is 0.0593. The minimum Gasteiger partial charge on any atom is -0.465 e. The van der Waals surface area contributed by atoms with E-state index in [1.807, 2.05) is 0 Å². The first-order valence-corrected chi connectivity index (χ1v) is 4.47. The van der Waals surface area contributed by atoms with E-state index in [1.165, 1.54) is 12.0 Å². The van der Waals surface area contributed by atoms with E-state index in [1.54, 1.807) is 38.4 Å². The van der Waals surface area contributed by atoms with Crippen molar-refractivity contribution in [2.45, 2.75) is 0 Å². The molecule has 80 valence electrons. The van der Waals surface area contributed by atoms with Crippen LogP contribution in [0.25, 0.3) is 0 Å². The Hall–Kier alpha value is -1.84. The molecule has 0 atom stereocenters. The summed E-state index contributed by atoms with van der Waals surface area (Å²) in [6, 6.07) is 6.58. The summed E-state index contributed by atoms with van der Waals surface area (Å²) in [6.07, 6.45) is 0. The van der Waals surface area contributed by atoms with E-state index in [-0.39, 0.29) is 5.91 Å². The lowest BCUT2D eigenvalue weighted by atomic mass is 10.1. The molecule has 15 heavy (non-hydrogen) atoms. The first-order valence-electron chi connectivity index (χ1n) is 4.47. The van der Waals surface area contributed by atoms with Crippen molar-refractivity contribution in [2.75, 3.05) is 21.2 Å². The van der Waals surface area contributed by atoms with Crippen LogP contribution in [0.1, 0.15) is 20.7 Å². The number of esters is 1. The number of amides is 1. The second-order valence-corrected chi connectivity index (χ2v) is 3.24. The van der Waals surface area contributed by atoms with Crippen LogP contribution in [0, 0.1) is 0 Å². The van der Waals surface area contributed by atoms with E-state index in [0.29, 0.717) is 11.1 Å². The summed E-state index contributed by atoms with van der Waals surface area (Å²) in [6.45, 7) is 0. The Balaban J connectivity index is 3.18. The zero-order valence-corrected chi connectivity index (χ0v) is 8.98. The maximum Gasteiger partial charge on any atom is 0.338 e. The molecule has 0 spiro atoms. The van der Waals surface area contributed by atoms with Gasteiger partial charge in [0, 0.05) is 14.1 Å². The number of nitrogens with zero attached hydrogens (tertiary/aromatic N) is 1. The fraction of sp³-hybridized carbons (Fsp3) is 0.273. The monoisotopic (exact) mass is 207 g/mol. The second kappa shape index (κ2) is 4.59. The summed E-state index contributed by atoms with van der Waals surface area (Å²) in [4.78, 5) is 24.5. The Kier molecular flexibility index (Phi) is 3.44. The highest BCUT2D eigenvalue weighted by Gasteiger charge is 2.17. The van der Waals surface area contributed by atoms with Gasteiger partial charge in [0.25, 0.3) is 5.91 Å². The minimum absolute atomic E-state index is 0.212. The molecule has 4 heteroatoms. The van der Waals surface area contributed by atoms with Crippen LogP contribution >= 0.6 is 0 Å². The molecule has 0 saturated heterocycles. The molecule has 1 amide bonds. The number of benzene rings is 1. The SMILES string of the molecule is COC(=O)c1ccccc1C(=O)N(C)C. The molecule has 0 heterocycles. The number of rotatable bonds is 2. The lowest BCUT2D eigenvalue weighted by Crippen LogP contribution is -2.24. The van der Waals surface area contributed by atoms with Crippen molar-refractivity contribution in [1.82, 2.24) is 4.90 Å². The lowest BCUT2D eigenvalue weighted by Gasteiger charge is -2.12. The number of hydrogen-bond acceptors (Lipinski definition) is 3. The van der Waals surface area contributed by atoms with Gasteiger partial charge in [-0.2, -0.15) is 0 Å². The quantitative estimate of drug-likeness (QED) is 0.684. The summed E-state index contributed by atoms with van der Waals surface area (Å²) in [5, 5.41) is 0. The van der Waals surface area contributed by atoms with E-state index in [0.717, 1.165) is 0 Å². The number of ether oxygens (including phenoxy) is 1. The molecule has 0 aliphatic rings. The van der Waals surface area contributed by atoms with E-state index in [2.05, 4.69) is 4.74 Å². The van der Waals surface area contributed by atoms with Gasteiger partial charge < -0.3 is 9.64 Å². The van der Waals surface area contributed by atoms with Crippen molar-refractivity contribution in [3.05, 3.63) is 35.4 Å². The maximum absolute atomic E-state index is 11.7. The zero-order chi connectivity index (χ0) is 11.4. The molecule has 1 aromatic carbocycles. The predicted octanol–water partition coefficient (Wildman–Crippen LogP) is 1.18. The molecule has 0 aliphatic heterocycles. The fourth-order valence-electron chi connectivity index (χ4n) is 1.20. The van der Waals surface area contributed by atoms with Crippen LogP contribution in [0.4, 0.5) is 0 Å². The summed E-state index contributed by atoms with van der Waals surface area (Å²) < 4.78 is 4.60. The van der Waals surface area contributed by atoms with Crippen molar-refractivity contribution in [3.8, 4) is 0 Å². The normalized spacial score (nSPS) is 9.53. The highest BCUT2D eigenvalue weighted by atomic mass is 16.5. The topological polar surface area (TPSA) is 46.6 Å². The zero-order valence-electron chi connectivity index (χ0n) is 8.98. The van der Waals surface area contributed by atoms with Gasteiger partial charge in [0.15, 0.2) is 0 Å². The Morgan fingerprint density at radius 2 is 1.67 bits per heavy atom. The van der Waals surface area contributed by atoms with Crippen LogP contribution in [-0.4, -0.2) is 38.0 Å². The van der Waals surface area contributed by atoms with E-state index >= 15 is 0 Å². The number of hydrogen-bond donors (Lipinski definition) is 0. The van der Waals surface area contributed by atoms with Gasteiger partial charge >= 0.3 is 5.97 Å². The number of carbonyl (C=O) groups is 2. The van der Waals surface area contributed by atoms with Gasteiger partial charge in [-0.1, -0.05) is 12.1 Å². The average Bonchev–Trinajstić information content (AvgIpc) is 2.27. The Bertz CT molecular complexity index is 385. The predicted molar refractivity (Wildman–Crippen MR) is 55.8 cm³/mol. The minimum atomic E-state index is -0.499. The van der Waals surface area contributed by atoms with E-state index < -0.39 is 5.97 Å². The first kappa shape index (κ1) is 11.2. The molecule has 4 nitrogen and oxygen atoms in total. The smallest absolute Gasteiger partial charge is 0.338 e. The first-order chi connectivity index (χ1) is 7.07. The molecule has 0 unspecified atom stereocenters. The Morgan fingerprint density at radius 3 is 2.13 bits per heavy atom. The standard InChI is InChI=1S/C11H13NO3/c1-12(2)10(13)8-6-4-5-7-9(8)11(14)15-3/h4-7H,1-3H3. The maximum atomic E-state index is 11.7. The Labute approximate surface area is 88.5 Å². The molecular formula is C11H13NO3. The third-order valence-electron chi connectivity index (χ3n) is 1.97. The number of carbonyl (C=O) groups excluding carboxylic acids is 2. The molecule has 1 aromatic rings. The molecule has 0 aromatic heterocycles. The summed E-state index contributed by atoms with van der Waals surface area (Å²) in [7, 11) is 4.56. The molecule has 0 fully saturated rings. The van der Waals surface area contributed by atoms with Crippen molar-refractivity contribution < 1.29 is 14.3 Å². The van der Waals surface area contributed by atoms with Gasteiger partial charge in [0.1, 0.15) is 0 Å². The highest BCUT2D eigenvalue weighted by Crippen LogP contribution is 2.11. The van der Waals surface area contributed by atoms with Gasteiger partial charge in [-0.15, -0.1) is 0 Å². The fourth-order valence-corrected chi connectivity index (χ4v) is 1.20. The molecular weight excluding hydrogens is 194 g/mol. The third-order valence-corrected chi connectivity index (χ3v) is 1.97. The molecule has 0 aliphatic carbocycles. The average molecular weight is 207 g/mol. The molecule has 0 saturated carbocycles. The van der Waals surface area contributed by atoms with E-state index in [4.69, 9.17) is 0 Å². The Morgan fingerprint density at radius 1 is 1.13 bits per heavy atom. The van der Waals surface area contributed by atoms with Crippen LogP contribution in [0.3, 0.4) is 0 Å². The van der Waals surface area contributed by atoms with Crippen molar-refractivity contribution in [2.24, 2.45) is 0 Å². The van der Waals surface area contributed by atoms with Crippen molar-refractivity contribution in [3.63, 3.8) is 0 Å². The van der Waals surface area contributed by atoms with Crippen LogP contribution in [0.5, 0.6) is 0 Å². The second-order valence-electron chi connectivity index (χ2n) is 3.24. The van der Waals surface area contributed by atoms with Gasteiger partial charge in [0.05, 0.1) is 18.2 Å². The molecule has 0 N–H and O–H groups in total. The van der Waals surface area contributed by atoms with Crippen LogP contribution in [0.2, 0.25) is 0 Å². The van der Waals surface area contributed by atoms with Crippen LogP contribution in [-0.2, 0) is 4.74 Å². The van der Waals surface area contributed by atoms with Crippen molar-refractivity contribution >= 4 is 11.9 Å². The van der Waals surface area contributed by atoms with Gasteiger partial charge in [0.2, 0.25) is 0 Å². The largest absolute Gasteiger partial charge is 0.465 e. The molecule has 1 rings (SSSR count). The summed E-state index contributed by atoms with van der Waals surface area (Å²) in [5.74, 6) is -0.711. The summed E-state index contributed by atoms with van der Waals surface area (Å²) >= 11 is 0. The molecule has 0 bridgehead atoms. The molecule has 0 radical (unpaired) electrons. The van der Waals surface area contributed by atoms with Gasteiger partial charge in [-0.3, -0.25) is 4.79 Å². The van der Waals surface area contributed by atoms with Crippen LogP contribution < -0.4 is 0 Å². The summed E-state index contributed by atoms with van der Waals surface area (Å²) in [5.41, 5.74) is 0.646. The van der Waals surface area contributed by atoms with Crippen LogP contribution in [0.15, 0.2) is 24.3 Å². The van der Waals surface area contributed by atoms with E-state index in [9.17, 15) is 9.59 Å². The highest BCUT2D eigenvalue weighted by molar-refractivity contribution is 6.05.